The molecular weight excluding hydrogens is 272 g/mol. The van der Waals surface area contributed by atoms with Crippen LogP contribution in [0.5, 0.6) is 5.75 Å². The molecule has 2 amide bonds. The van der Waals surface area contributed by atoms with Crippen molar-refractivity contribution in [2.24, 2.45) is 0 Å². The summed E-state index contributed by atoms with van der Waals surface area (Å²) in [6.07, 6.45) is 3.48. The zero-order chi connectivity index (χ0) is 15.4. The SMILES string of the molecule is C=CCN(C(=O)N(CC(=O)O)c1ccc(O)cc1)C1CC1. The van der Waals surface area contributed by atoms with Gasteiger partial charge in [-0.15, -0.1) is 6.58 Å². The first kappa shape index (κ1) is 14.9. The molecule has 1 aliphatic carbocycles. The summed E-state index contributed by atoms with van der Waals surface area (Å²) in [4.78, 5) is 26.5. The predicted octanol–water partition coefficient (Wildman–Crippen LogP) is 2.05. The Bertz CT molecular complexity index is 537. The Hall–Kier alpha value is -2.50. The Morgan fingerprint density at radius 3 is 2.38 bits per heavy atom. The quantitative estimate of drug-likeness (QED) is 0.786. The number of urea groups is 1. The molecule has 1 saturated carbocycles. The van der Waals surface area contributed by atoms with E-state index in [1.165, 1.54) is 29.2 Å². The number of nitrogens with zero attached hydrogens (tertiary/aromatic N) is 2. The van der Waals surface area contributed by atoms with Crippen LogP contribution in [0.15, 0.2) is 36.9 Å². The minimum atomic E-state index is -1.09. The molecule has 1 aromatic rings. The maximum absolute atomic E-state index is 12.6. The van der Waals surface area contributed by atoms with E-state index in [2.05, 4.69) is 6.58 Å². The van der Waals surface area contributed by atoms with Crippen LogP contribution in [0.1, 0.15) is 12.8 Å². The highest BCUT2D eigenvalue weighted by Crippen LogP contribution is 2.29. The average Bonchev–Trinajstić information content (AvgIpc) is 3.27. The molecule has 21 heavy (non-hydrogen) atoms. The van der Waals surface area contributed by atoms with Gasteiger partial charge >= 0.3 is 12.0 Å². The van der Waals surface area contributed by atoms with E-state index in [9.17, 15) is 14.7 Å². The number of aromatic hydroxyl groups is 1. The van der Waals surface area contributed by atoms with Gasteiger partial charge in [0.15, 0.2) is 0 Å². The molecule has 0 heterocycles. The van der Waals surface area contributed by atoms with E-state index in [1.807, 2.05) is 0 Å². The number of rotatable bonds is 6. The molecular formula is C15H18N2O4. The number of carboxylic acid groups (broad SMARTS) is 1. The number of amides is 2. The van der Waals surface area contributed by atoms with Crippen molar-refractivity contribution in [1.82, 2.24) is 4.90 Å². The third-order valence-corrected chi connectivity index (χ3v) is 3.24. The average molecular weight is 290 g/mol. The van der Waals surface area contributed by atoms with Gasteiger partial charge in [0.1, 0.15) is 12.3 Å². The lowest BCUT2D eigenvalue weighted by Crippen LogP contribution is -2.46. The van der Waals surface area contributed by atoms with Crippen molar-refractivity contribution >= 4 is 17.7 Å². The minimum Gasteiger partial charge on any atom is -0.508 e. The van der Waals surface area contributed by atoms with Crippen molar-refractivity contribution < 1.29 is 19.8 Å². The van der Waals surface area contributed by atoms with Crippen molar-refractivity contribution in [1.29, 1.82) is 0 Å². The standard InChI is InChI=1S/C15H18N2O4/c1-2-9-16(11-3-4-11)15(21)17(10-14(19)20)12-5-7-13(18)8-6-12/h2,5-8,11,18H,1,3-4,9-10H2,(H,19,20). The smallest absolute Gasteiger partial charge is 0.325 e. The first-order valence-corrected chi connectivity index (χ1v) is 6.72. The van der Waals surface area contributed by atoms with Gasteiger partial charge in [0, 0.05) is 18.3 Å². The maximum atomic E-state index is 12.6. The molecule has 0 aromatic heterocycles. The van der Waals surface area contributed by atoms with Gasteiger partial charge < -0.3 is 15.1 Å². The first-order chi connectivity index (χ1) is 10.0. The monoisotopic (exact) mass is 290 g/mol. The van der Waals surface area contributed by atoms with Crippen LogP contribution >= 0.6 is 0 Å². The molecule has 0 atom stereocenters. The molecule has 0 radical (unpaired) electrons. The Morgan fingerprint density at radius 1 is 1.29 bits per heavy atom. The second-order valence-corrected chi connectivity index (χ2v) is 4.95. The highest BCUT2D eigenvalue weighted by molar-refractivity contribution is 5.96. The molecule has 0 bridgehead atoms. The first-order valence-electron chi connectivity index (χ1n) is 6.72. The van der Waals surface area contributed by atoms with Crippen LogP contribution in [-0.2, 0) is 4.79 Å². The van der Waals surface area contributed by atoms with Crippen molar-refractivity contribution in [2.75, 3.05) is 18.0 Å². The van der Waals surface area contributed by atoms with Crippen LogP contribution in [0.2, 0.25) is 0 Å². The third-order valence-electron chi connectivity index (χ3n) is 3.24. The Labute approximate surface area is 122 Å². The number of aliphatic carboxylic acids is 1. The normalized spacial score (nSPS) is 13.5. The Kier molecular flexibility index (Phi) is 4.47. The Morgan fingerprint density at radius 2 is 1.90 bits per heavy atom. The molecule has 0 spiro atoms. The fraction of sp³-hybridized carbons (Fsp3) is 0.333. The van der Waals surface area contributed by atoms with Crippen LogP contribution < -0.4 is 4.90 Å². The molecule has 1 fully saturated rings. The van der Waals surface area contributed by atoms with Crippen molar-refractivity contribution in [3.63, 3.8) is 0 Å². The molecule has 1 aliphatic rings. The molecule has 0 aliphatic heterocycles. The van der Waals surface area contributed by atoms with Crippen LogP contribution in [0.25, 0.3) is 0 Å². The van der Waals surface area contributed by atoms with Crippen molar-refractivity contribution in [3.05, 3.63) is 36.9 Å². The second kappa shape index (κ2) is 6.30. The summed E-state index contributed by atoms with van der Waals surface area (Å²) in [5.41, 5.74) is 0.440. The summed E-state index contributed by atoms with van der Waals surface area (Å²) in [6.45, 7) is 3.60. The number of phenols is 1. The van der Waals surface area contributed by atoms with Gasteiger partial charge in [0.25, 0.3) is 0 Å². The summed E-state index contributed by atoms with van der Waals surface area (Å²) in [7, 11) is 0. The lowest BCUT2D eigenvalue weighted by atomic mass is 10.2. The zero-order valence-corrected chi connectivity index (χ0v) is 11.6. The van der Waals surface area contributed by atoms with E-state index in [0.29, 0.717) is 12.2 Å². The van der Waals surface area contributed by atoms with Crippen molar-refractivity contribution in [2.45, 2.75) is 18.9 Å². The number of anilines is 1. The molecule has 2 rings (SSSR count). The lowest BCUT2D eigenvalue weighted by Gasteiger charge is -2.29. The van der Waals surface area contributed by atoms with Crippen LogP contribution in [0, 0.1) is 0 Å². The summed E-state index contributed by atoms with van der Waals surface area (Å²) >= 11 is 0. The third kappa shape index (κ3) is 3.75. The molecule has 0 unspecified atom stereocenters. The number of phenolic OH excluding ortho intramolecular Hbond substituents is 1. The predicted molar refractivity (Wildman–Crippen MR) is 78.4 cm³/mol. The van der Waals surface area contributed by atoms with Gasteiger partial charge in [-0.25, -0.2) is 4.79 Å². The van der Waals surface area contributed by atoms with E-state index in [0.717, 1.165) is 12.8 Å². The molecule has 6 heteroatoms. The number of hydrogen-bond donors (Lipinski definition) is 2. The van der Waals surface area contributed by atoms with Gasteiger partial charge in [-0.1, -0.05) is 6.08 Å². The number of carbonyl (C=O) groups excluding carboxylic acids is 1. The fourth-order valence-electron chi connectivity index (χ4n) is 2.10. The van der Waals surface area contributed by atoms with E-state index in [4.69, 9.17) is 5.11 Å². The van der Waals surface area contributed by atoms with Gasteiger partial charge in [-0.3, -0.25) is 9.69 Å². The summed E-state index contributed by atoms with van der Waals surface area (Å²) < 4.78 is 0. The molecule has 6 nitrogen and oxygen atoms in total. The lowest BCUT2D eigenvalue weighted by molar-refractivity contribution is -0.135. The van der Waals surface area contributed by atoms with Crippen LogP contribution in [0.4, 0.5) is 10.5 Å². The van der Waals surface area contributed by atoms with Gasteiger partial charge in [0.2, 0.25) is 0 Å². The number of hydrogen-bond acceptors (Lipinski definition) is 3. The van der Waals surface area contributed by atoms with E-state index < -0.39 is 12.5 Å². The highest BCUT2D eigenvalue weighted by atomic mass is 16.4. The van der Waals surface area contributed by atoms with E-state index in [1.54, 1.807) is 11.0 Å². The summed E-state index contributed by atoms with van der Waals surface area (Å²) in [5.74, 6) is -1.03. The van der Waals surface area contributed by atoms with Gasteiger partial charge in [-0.2, -0.15) is 0 Å². The Balaban J connectivity index is 2.25. The number of carbonyl (C=O) groups is 2. The largest absolute Gasteiger partial charge is 0.508 e. The van der Waals surface area contributed by atoms with Gasteiger partial charge in [-0.05, 0) is 37.1 Å². The second-order valence-electron chi connectivity index (χ2n) is 4.95. The van der Waals surface area contributed by atoms with Crippen molar-refractivity contribution in [3.8, 4) is 5.75 Å². The molecule has 112 valence electrons. The number of carboxylic acids is 1. The minimum absolute atomic E-state index is 0.0617. The molecule has 0 saturated heterocycles. The van der Waals surface area contributed by atoms with E-state index >= 15 is 0 Å². The fourth-order valence-corrected chi connectivity index (χ4v) is 2.10. The maximum Gasteiger partial charge on any atom is 0.325 e. The molecule has 1 aromatic carbocycles. The van der Waals surface area contributed by atoms with E-state index in [-0.39, 0.29) is 17.8 Å². The highest BCUT2D eigenvalue weighted by Gasteiger charge is 2.35. The number of benzene rings is 1. The molecule has 2 N–H and O–H groups in total. The van der Waals surface area contributed by atoms with Crippen LogP contribution in [-0.4, -0.2) is 46.2 Å². The summed E-state index contributed by atoms with van der Waals surface area (Å²) in [5, 5.41) is 18.3. The summed E-state index contributed by atoms with van der Waals surface area (Å²) in [6, 6.07) is 5.69. The van der Waals surface area contributed by atoms with Crippen LogP contribution in [0.3, 0.4) is 0 Å². The van der Waals surface area contributed by atoms with Gasteiger partial charge in [0.05, 0.1) is 0 Å². The zero-order valence-electron chi connectivity index (χ0n) is 11.6. The topological polar surface area (TPSA) is 81.1 Å².